The second-order valence-corrected chi connectivity index (χ2v) is 21.1. The van der Waals surface area contributed by atoms with E-state index in [9.17, 15) is 28.8 Å². The van der Waals surface area contributed by atoms with E-state index in [1.807, 2.05) is 36.4 Å². The van der Waals surface area contributed by atoms with E-state index in [1.54, 1.807) is 11.7 Å². The molecule has 348 valence electrons. The highest BCUT2D eigenvalue weighted by Crippen LogP contribution is 2.59. The number of halogens is 1. The minimum absolute atomic E-state index is 0.00489. The van der Waals surface area contributed by atoms with Gasteiger partial charge in [-0.3, -0.25) is 22.7 Å². The number of anilines is 3. The summed E-state index contributed by atoms with van der Waals surface area (Å²) in [5, 5.41) is 16.0. The number of benzene rings is 2. The molecule has 2 aromatic carbocycles. The Morgan fingerprint density at radius 3 is 2.46 bits per heavy atom. The highest BCUT2D eigenvalue weighted by Gasteiger charge is 2.45. The summed E-state index contributed by atoms with van der Waals surface area (Å²) in [4.78, 5) is 55.2. The topological polar surface area (TPSA) is 306 Å². The molecule has 8 rings (SSSR count). The van der Waals surface area contributed by atoms with Crippen molar-refractivity contribution in [2.75, 3.05) is 49.4 Å². The Kier molecular flexibility index (Phi) is 14.6. The molecule has 4 aromatic heterocycles. The van der Waals surface area contributed by atoms with Gasteiger partial charge in [0, 0.05) is 47.1 Å². The van der Waals surface area contributed by atoms with Crippen molar-refractivity contribution in [1.82, 2.24) is 34.1 Å². The molecule has 2 unspecified atom stereocenters. The Labute approximate surface area is 379 Å². The van der Waals surface area contributed by atoms with Gasteiger partial charge in [0.1, 0.15) is 60.3 Å². The van der Waals surface area contributed by atoms with Gasteiger partial charge in [0.15, 0.2) is 11.5 Å². The molecule has 0 bridgehead atoms. The summed E-state index contributed by atoms with van der Waals surface area (Å²) in [6, 6.07) is 12.7. The van der Waals surface area contributed by atoms with Crippen molar-refractivity contribution in [3.8, 4) is 5.75 Å². The van der Waals surface area contributed by atoms with Gasteiger partial charge in [0.25, 0.3) is 0 Å². The molecule has 26 heteroatoms. The van der Waals surface area contributed by atoms with Crippen LogP contribution in [-0.2, 0) is 32.2 Å². The predicted octanol–water partition coefficient (Wildman–Crippen LogP) is 5.57. The Balaban J connectivity index is 0.861. The normalized spacial score (nSPS) is 23.0. The van der Waals surface area contributed by atoms with Crippen LogP contribution in [0.25, 0.3) is 33.0 Å². The number of rotatable bonds is 20. The Bertz CT molecular complexity index is 2830. The van der Waals surface area contributed by atoms with Gasteiger partial charge in [0.05, 0.1) is 43.4 Å². The Hall–Kier alpha value is -4.48. The van der Waals surface area contributed by atoms with Gasteiger partial charge in [-0.2, -0.15) is 4.98 Å². The number of aliphatic hydroxyl groups is 1. The van der Waals surface area contributed by atoms with Gasteiger partial charge in [0.2, 0.25) is 0 Å². The van der Waals surface area contributed by atoms with E-state index in [2.05, 4.69) is 25.3 Å². The molecule has 2 aliphatic rings. The van der Waals surface area contributed by atoms with Crippen LogP contribution in [0.5, 0.6) is 5.75 Å². The fourth-order valence-electron chi connectivity index (χ4n) is 7.76. The predicted molar refractivity (Wildman–Crippen MR) is 242 cm³/mol. The summed E-state index contributed by atoms with van der Waals surface area (Å²) in [6.45, 7) is -4.87. The first-order valence-electron chi connectivity index (χ1n) is 20.5. The molecule has 2 fully saturated rings. The van der Waals surface area contributed by atoms with Gasteiger partial charge in [-0.25, -0.2) is 33.9 Å². The third kappa shape index (κ3) is 11.0. The molecule has 8 N–H and O–H groups in total. The molecule has 0 saturated carbocycles. The lowest BCUT2D eigenvalue weighted by Gasteiger charge is -2.23. The molecular formula is C39H47ClN10O12P2S. The van der Waals surface area contributed by atoms with Gasteiger partial charge in [-0.1, -0.05) is 24.4 Å². The molecule has 6 aromatic rings. The largest absolute Gasteiger partial charge is 0.497 e. The van der Waals surface area contributed by atoms with Crippen LogP contribution in [0.1, 0.15) is 51.0 Å². The number of hydrogen-bond donors (Lipinski definition) is 6. The molecular weight excluding hydrogens is 930 g/mol. The molecule has 0 spiro atoms. The number of unbranched alkanes of at least 4 members (excludes halogenated alkanes) is 3. The van der Waals surface area contributed by atoms with E-state index in [4.69, 9.17) is 55.8 Å². The number of nitrogens with one attached hydrogen (secondary N) is 1. The Morgan fingerprint density at radius 2 is 1.68 bits per heavy atom. The number of nitrogens with zero attached hydrogens (tertiary/aromatic N) is 7. The quantitative estimate of drug-likeness (QED) is 0.0309. The second kappa shape index (κ2) is 20.2. The first-order chi connectivity index (χ1) is 31.2. The summed E-state index contributed by atoms with van der Waals surface area (Å²) in [7, 11) is -3.31. The van der Waals surface area contributed by atoms with Crippen LogP contribution in [0.2, 0.25) is 5.02 Å². The molecule has 8 atom stereocenters. The van der Waals surface area contributed by atoms with Crippen molar-refractivity contribution in [3.05, 3.63) is 76.8 Å². The highest BCUT2D eigenvalue weighted by molar-refractivity contribution is 8.54. The van der Waals surface area contributed by atoms with Crippen molar-refractivity contribution in [1.29, 1.82) is 0 Å². The standard InChI is InChI=1S/C39H47ClN10O12P2S/c1-57-23-7-9-26-25(15-23)35(24-8-6-22(40)14-27(24)47-26)43-11-4-2-3-5-13-65-64(55,56)62-29-17-34(50-21-46-36-37(42)44-20-45-38(36)50)60-31(29)19-58-63(53,54)61-28-16-33(59-30(28)18-51)49-12-10-32(41)48-39(49)52/h6-10,12,14-15,20-21,28-31,33-34,51H,2-5,11,13,16-19H2,1H3,(H,43,47)(H,53,54)(H,55,56)(H2,41,48,52)(H2,42,44,45)/t28-,29-,30+,31+,33+,34+/m0/s1. The highest BCUT2D eigenvalue weighted by atomic mass is 35.5. The fraction of sp³-hybridized carbons (Fsp3) is 0.436. The molecule has 6 heterocycles. The summed E-state index contributed by atoms with van der Waals surface area (Å²) in [6.07, 6.45) is 0.553. The summed E-state index contributed by atoms with van der Waals surface area (Å²) < 4.78 is 63.5. The number of fused-ring (bicyclic) bond motifs is 3. The van der Waals surface area contributed by atoms with Crippen LogP contribution < -0.4 is 27.2 Å². The number of pyridine rings is 1. The van der Waals surface area contributed by atoms with Gasteiger partial charge in [-0.15, -0.1) is 0 Å². The third-order valence-electron chi connectivity index (χ3n) is 10.9. The number of phosphoric acid groups is 1. The number of ether oxygens (including phenoxy) is 3. The summed E-state index contributed by atoms with van der Waals surface area (Å²) in [5.41, 5.74) is 14.0. The summed E-state index contributed by atoms with van der Waals surface area (Å²) >= 11 is 7.05. The zero-order valence-corrected chi connectivity index (χ0v) is 38.2. The Morgan fingerprint density at radius 1 is 0.908 bits per heavy atom. The van der Waals surface area contributed by atoms with Crippen LogP contribution in [0.15, 0.2) is 66.1 Å². The average molecular weight is 977 g/mol. The van der Waals surface area contributed by atoms with Crippen molar-refractivity contribution < 1.29 is 51.8 Å². The number of nitrogens with two attached hydrogens (primary N) is 2. The van der Waals surface area contributed by atoms with Crippen LogP contribution in [-0.4, -0.2) is 106 Å². The molecule has 22 nitrogen and oxygen atoms in total. The summed E-state index contributed by atoms with van der Waals surface area (Å²) in [5.74, 6) is 1.16. The van der Waals surface area contributed by atoms with Crippen molar-refractivity contribution in [3.63, 3.8) is 0 Å². The first-order valence-corrected chi connectivity index (χ1v) is 25.6. The maximum Gasteiger partial charge on any atom is 0.472 e. The van der Waals surface area contributed by atoms with Crippen molar-refractivity contribution in [2.45, 2.75) is 75.4 Å². The van der Waals surface area contributed by atoms with Crippen LogP contribution in [0.4, 0.5) is 17.3 Å². The van der Waals surface area contributed by atoms with Gasteiger partial charge < -0.3 is 45.9 Å². The number of imidazole rings is 1. The van der Waals surface area contributed by atoms with E-state index < -0.39 is 70.4 Å². The van der Waals surface area contributed by atoms with Gasteiger partial charge >= 0.3 is 20.3 Å². The maximum absolute atomic E-state index is 13.5. The number of hydrogen-bond acceptors (Lipinski definition) is 19. The molecule has 2 aliphatic heterocycles. The maximum atomic E-state index is 13.5. The smallest absolute Gasteiger partial charge is 0.472 e. The molecule has 0 aliphatic carbocycles. The van der Waals surface area contributed by atoms with E-state index in [0.29, 0.717) is 40.7 Å². The van der Waals surface area contributed by atoms with Crippen LogP contribution in [0, 0.1) is 0 Å². The molecule has 0 amide bonds. The van der Waals surface area contributed by atoms with Crippen LogP contribution in [0.3, 0.4) is 0 Å². The van der Waals surface area contributed by atoms with Gasteiger partial charge in [-0.05, 0) is 66.7 Å². The van der Waals surface area contributed by atoms with E-state index in [0.717, 1.165) is 62.7 Å². The number of methoxy groups -OCH3 is 1. The number of nitrogen functional groups attached to an aromatic ring is 2. The number of aliphatic hydroxyl groups excluding tert-OH is 1. The number of phosphoric ester groups is 1. The third-order valence-corrected chi connectivity index (χ3v) is 15.3. The monoisotopic (exact) mass is 976 g/mol. The SMILES string of the molecule is COc1ccc2nc3cc(Cl)ccc3c(NCCCCCCSP(=O)(O)O[C@H]3C[C@H](n4cnc5c(N)ncnc54)O[C@@H]3COP(=O)(O)O[C@H]3C[C@H](n4ccc(N)nc4=O)O[C@@H]3CO)c2c1. The van der Waals surface area contributed by atoms with Crippen LogP contribution >= 0.6 is 37.6 Å². The lowest BCUT2D eigenvalue weighted by Crippen LogP contribution is -2.30. The number of aromatic nitrogens is 7. The van der Waals surface area contributed by atoms with Crippen molar-refractivity contribution in [2.24, 2.45) is 0 Å². The fourth-order valence-corrected chi connectivity index (χ4v) is 11.7. The average Bonchev–Trinajstić information content (AvgIpc) is 4.00. The van der Waals surface area contributed by atoms with E-state index >= 15 is 0 Å². The molecule has 65 heavy (non-hydrogen) atoms. The molecule has 2 saturated heterocycles. The first kappa shape index (κ1) is 47.0. The lowest BCUT2D eigenvalue weighted by atomic mass is 10.1. The zero-order chi connectivity index (χ0) is 45.9. The van der Waals surface area contributed by atoms with Crippen molar-refractivity contribution >= 4 is 87.9 Å². The minimum Gasteiger partial charge on any atom is -0.497 e. The second-order valence-electron chi connectivity index (χ2n) is 15.3. The van der Waals surface area contributed by atoms with E-state index in [-0.39, 0.29) is 24.5 Å². The lowest BCUT2D eigenvalue weighted by molar-refractivity contribution is -0.0549. The zero-order valence-electron chi connectivity index (χ0n) is 34.8. The minimum atomic E-state index is -4.92. The molecule has 0 radical (unpaired) electrons. The van der Waals surface area contributed by atoms with E-state index in [1.165, 1.54) is 24.9 Å².